The molecule has 0 aliphatic heterocycles. The van der Waals surface area contributed by atoms with Gasteiger partial charge in [0.05, 0.1) is 22.0 Å². The Hall–Kier alpha value is -2.49. The Labute approximate surface area is 179 Å². The molecule has 0 N–H and O–H groups in total. The number of rotatable bonds is 6. The highest BCUT2D eigenvalue weighted by atomic mass is 32.2. The normalized spacial score (nSPS) is 11.1. The van der Waals surface area contributed by atoms with Gasteiger partial charge < -0.3 is 4.74 Å². The van der Waals surface area contributed by atoms with Crippen molar-refractivity contribution in [2.24, 2.45) is 0 Å². The summed E-state index contributed by atoms with van der Waals surface area (Å²) in [6, 6.07) is 8.74. The van der Waals surface area contributed by atoms with Gasteiger partial charge >= 0.3 is 5.97 Å². The lowest BCUT2D eigenvalue weighted by molar-refractivity contribution is 0.0463. The van der Waals surface area contributed by atoms with E-state index in [2.05, 4.69) is 9.97 Å². The summed E-state index contributed by atoms with van der Waals surface area (Å²) in [4.78, 5) is 35.2. The van der Waals surface area contributed by atoms with Crippen LogP contribution in [0.25, 0.3) is 4.96 Å². The number of aromatic nitrogens is 3. The molecular formula is C20H17N3O3S3. The van der Waals surface area contributed by atoms with Crippen molar-refractivity contribution in [3.8, 4) is 0 Å². The number of hydrogen-bond donors (Lipinski definition) is 0. The van der Waals surface area contributed by atoms with Gasteiger partial charge in [-0.25, -0.2) is 14.8 Å². The second kappa shape index (κ2) is 8.48. The fourth-order valence-corrected chi connectivity index (χ4v) is 5.32. The number of ether oxygens (including phenoxy) is 1. The summed E-state index contributed by atoms with van der Waals surface area (Å²) in [5.74, 6) is 0.244. The summed E-state index contributed by atoms with van der Waals surface area (Å²) in [5, 5.41) is 4.92. The predicted octanol–water partition coefficient (Wildman–Crippen LogP) is 4.48. The predicted molar refractivity (Wildman–Crippen MR) is 116 cm³/mol. The van der Waals surface area contributed by atoms with Gasteiger partial charge in [-0.2, -0.15) is 0 Å². The number of nitrogens with zero attached hydrogens (tertiary/aromatic N) is 3. The quantitative estimate of drug-likeness (QED) is 0.323. The largest absolute Gasteiger partial charge is 0.456 e. The molecule has 4 aromatic rings. The minimum Gasteiger partial charge on any atom is -0.456 e. The molecular weight excluding hydrogens is 426 g/mol. The second-order valence-electron chi connectivity index (χ2n) is 6.30. The number of fused-ring (bicyclic) bond motifs is 1. The summed E-state index contributed by atoms with van der Waals surface area (Å²) < 4.78 is 6.99. The van der Waals surface area contributed by atoms with Gasteiger partial charge in [0.15, 0.2) is 4.96 Å². The highest BCUT2D eigenvalue weighted by Crippen LogP contribution is 2.27. The van der Waals surface area contributed by atoms with Crippen molar-refractivity contribution in [3.05, 3.63) is 79.1 Å². The first-order chi connectivity index (χ1) is 14.0. The fraction of sp³-hybridized carbons (Fsp3) is 0.200. The molecule has 3 aromatic heterocycles. The summed E-state index contributed by atoms with van der Waals surface area (Å²) in [6.45, 7) is 3.78. The number of hydrogen-bond acceptors (Lipinski definition) is 8. The third kappa shape index (κ3) is 4.42. The highest BCUT2D eigenvalue weighted by molar-refractivity contribution is 7.98. The molecule has 0 amide bonds. The van der Waals surface area contributed by atoms with Gasteiger partial charge in [-0.3, -0.25) is 9.20 Å². The van der Waals surface area contributed by atoms with Crippen LogP contribution in [-0.4, -0.2) is 20.3 Å². The zero-order valence-corrected chi connectivity index (χ0v) is 18.2. The molecule has 3 heterocycles. The third-order valence-corrected chi connectivity index (χ3v) is 7.00. The van der Waals surface area contributed by atoms with E-state index in [4.69, 9.17) is 4.74 Å². The molecule has 29 heavy (non-hydrogen) atoms. The van der Waals surface area contributed by atoms with Gasteiger partial charge in [-0.1, -0.05) is 12.1 Å². The molecule has 0 radical (unpaired) electrons. The maximum atomic E-state index is 12.6. The number of thioether (sulfide) groups is 1. The second-order valence-corrected chi connectivity index (χ2v) is 9.22. The summed E-state index contributed by atoms with van der Waals surface area (Å²) in [7, 11) is 0. The molecule has 0 saturated heterocycles. The number of carbonyl (C=O) groups excluding carboxylic acids is 1. The zero-order valence-electron chi connectivity index (χ0n) is 15.7. The first-order valence-corrected chi connectivity index (χ1v) is 11.5. The lowest BCUT2D eigenvalue weighted by atomic mass is 10.2. The van der Waals surface area contributed by atoms with E-state index in [-0.39, 0.29) is 12.2 Å². The van der Waals surface area contributed by atoms with Gasteiger partial charge in [-0.05, 0) is 26.0 Å². The van der Waals surface area contributed by atoms with E-state index in [0.29, 0.717) is 22.0 Å². The van der Waals surface area contributed by atoms with Gasteiger partial charge in [0.1, 0.15) is 6.61 Å². The Kier molecular flexibility index (Phi) is 5.79. The number of thiazole rings is 2. The smallest absolute Gasteiger partial charge is 0.339 e. The van der Waals surface area contributed by atoms with Crippen LogP contribution in [0.4, 0.5) is 0 Å². The molecule has 0 saturated carbocycles. The number of carbonyl (C=O) groups is 1. The summed E-state index contributed by atoms with van der Waals surface area (Å²) in [6.07, 6.45) is 0. The van der Waals surface area contributed by atoms with Crippen LogP contribution in [0.2, 0.25) is 0 Å². The maximum Gasteiger partial charge on any atom is 0.339 e. The molecule has 0 aliphatic carbocycles. The van der Waals surface area contributed by atoms with Crippen LogP contribution >= 0.6 is 34.4 Å². The van der Waals surface area contributed by atoms with E-state index in [1.165, 1.54) is 17.4 Å². The first kappa shape index (κ1) is 19.8. The molecule has 0 bridgehead atoms. The highest BCUT2D eigenvalue weighted by Gasteiger charge is 2.15. The van der Waals surface area contributed by atoms with Crippen molar-refractivity contribution in [2.75, 3.05) is 0 Å². The Bertz CT molecular complexity index is 1240. The van der Waals surface area contributed by atoms with E-state index >= 15 is 0 Å². The van der Waals surface area contributed by atoms with Crippen molar-refractivity contribution in [1.29, 1.82) is 0 Å². The number of esters is 1. The van der Waals surface area contributed by atoms with Crippen LogP contribution in [0.1, 0.15) is 32.4 Å². The van der Waals surface area contributed by atoms with Crippen molar-refractivity contribution in [2.45, 2.75) is 31.1 Å². The fourth-order valence-electron chi connectivity index (χ4n) is 2.78. The molecule has 0 fully saturated rings. The Morgan fingerprint density at radius 2 is 1.97 bits per heavy atom. The maximum absolute atomic E-state index is 12.6. The molecule has 0 spiro atoms. The van der Waals surface area contributed by atoms with E-state index in [1.807, 2.05) is 36.7 Å². The summed E-state index contributed by atoms with van der Waals surface area (Å²) in [5.41, 5.74) is 2.59. The SMILES string of the molecule is Cc1nc(CSc2ccccc2C(=O)OCc2cc(=O)n3c(C)csc3n2)cs1. The standard InChI is InChI=1S/C20H17N3O3S3/c1-12-9-29-20-22-14(7-18(24)23(12)20)8-26-19(25)16-5-3-4-6-17(16)28-11-15-10-27-13(2)21-15/h3-7,9-10H,8,11H2,1-2H3. The van der Waals surface area contributed by atoms with Crippen LogP contribution in [0, 0.1) is 13.8 Å². The molecule has 148 valence electrons. The molecule has 0 aliphatic rings. The van der Waals surface area contributed by atoms with Crippen LogP contribution in [-0.2, 0) is 17.1 Å². The van der Waals surface area contributed by atoms with Crippen LogP contribution in [0.3, 0.4) is 0 Å². The van der Waals surface area contributed by atoms with E-state index in [1.54, 1.807) is 39.6 Å². The lowest BCUT2D eigenvalue weighted by Gasteiger charge is -2.09. The van der Waals surface area contributed by atoms with Crippen molar-refractivity contribution < 1.29 is 9.53 Å². The molecule has 0 atom stereocenters. The Morgan fingerprint density at radius 3 is 2.76 bits per heavy atom. The van der Waals surface area contributed by atoms with Gasteiger partial charge in [-0.15, -0.1) is 34.4 Å². The molecule has 4 rings (SSSR count). The van der Waals surface area contributed by atoms with E-state index in [0.717, 1.165) is 21.3 Å². The van der Waals surface area contributed by atoms with Crippen LogP contribution in [0.15, 0.2) is 50.8 Å². The van der Waals surface area contributed by atoms with Crippen molar-refractivity contribution >= 4 is 45.4 Å². The van der Waals surface area contributed by atoms with Gasteiger partial charge in [0.25, 0.3) is 5.56 Å². The summed E-state index contributed by atoms with van der Waals surface area (Å²) >= 11 is 4.54. The number of benzene rings is 1. The monoisotopic (exact) mass is 443 g/mol. The zero-order chi connectivity index (χ0) is 20.4. The van der Waals surface area contributed by atoms with E-state index < -0.39 is 5.97 Å². The Morgan fingerprint density at radius 1 is 1.14 bits per heavy atom. The molecule has 9 heteroatoms. The van der Waals surface area contributed by atoms with E-state index in [9.17, 15) is 9.59 Å². The van der Waals surface area contributed by atoms with Crippen LogP contribution < -0.4 is 5.56 Å². The minimum atomic E-state index is -0.438. The molecule has 6 nitrogen and oxygen atoms in total. The van der Waals surface area contributed by atoms with Crippen molar-refractivity contribution in [3.63, 3.8) is 0 Å². The van der Waals surface area contributed by atoms with Gasteiger partial charge in [0.2, 0.25) is 0 Å². The van der Waals surface area contributed by atoms with Crippen LogP contribution in [0.5, 0.6) is 0 Å². The molecule has 1 aromatic carbocycles. The number of aryl methyl sites for hydroxylation is 2. The average Bonchev–Trinajstić information content (AvgIpc) is 3.30. The van der Waals surface area contributed by atoms with Gasteiger partial charge in [0, 0.05) is 33.2 Å². The third-order valence-electron chi connectivity index (χ3n) is 4.13. The minimum absolute atomic E-state index is 0.0498. The first-order valence-electron chi connectivity index (χ1n) is 8.78. The lowest BCUT2D eigenvalue weighted by Crippen LogP contribution is -2.16. The topological polar surface area (TPSA) is 73.6 Å². The Balaban J connectivity index is 1.47. The molecule has 0 unspecified atom stereocenters. The van der Waals surface area contributed by atoms with Crippen molar-refractivity contribution in [1.82, 2.24) is 14.4 Å². The average molecular weight is 444 g/mol.